The number of unbranched alkanes of at least 4 members (excludes halogenated alkanes) is 3. The maximum atomic E-state index is 10.4. The second-order valence-electron chi connectivity index (χ2n) is 5.74. The van der Waals surface area contributed by atoms with Gasteiger partial charge in [-0.1, -0.05) is 45.8 Å². The normalized spacial score (nSPS) is 18.8. The van der Waals surface area contributed by atoms with Gasteiger partial charge in [0.1, 0.15) is 0 Å². The van der Waals surface area contributed by atoms with E-state index < -0.39 is 11.7 Å². The van der Waals surface area contributed by atoms with Crippen LogP contribution in [-0.4, -0.2) is 21.9 Å². The summed E-state index contributed by atoms with van der Waals surface area (Å²) in [5.74, 6) is 0.371. The van der Waals surface area contributed by atoms with Crippen LogP contribution in [0.25, 0.3) is 0 Å². The molecule has 0 saturated heterocycles. The number of rotatable bonds is 10. The Kier molecular flexibility index (Phi) is 9.39. The summed E-state index contributed by atoms with van der Waals surface area (Å²) in [5, 5.41) is 19.8. The first-order valence-electron chi connectivity index (χ1n) is 7.50. The molecule has 0 rings (SSSR count). The summed E-state index contributed by atoms with van der Waals surface area (Å²) in [4.78, 5) is 0. The van der Waals surface area contributed by atoms with Gasteiger partial charge in [0.05, 0.1) is 11.7 Å². The third kappa shape index (κ3) is 8.71. The lowest BCUT2D eigenvalue weighted by Crippen LogP contribution is -2.33. The smallest absolute Gasteiger partial charge is 0.0675 e. The van der Waals surface area contributed by atoms with E-state index in [1.807, 2.05) is 6.92 Å². The zero-order valence-electron chi connectivity index (χ0n) is 12.7. The fraction of sp³-hybridized carbons (Fsp3) is 0.875. The highest BCUT2D eigenvalue weighted by Crippen LogP contribution is 2.26. The molecule has 0 aliphatic carbocycles. The van der Waals surface area contributed by atoms with E-state index in [0.29, 0.717) is 18.8 Å². The highest BCUT2D eigenvalue weighted by atomic mass is 16.3. The average Bonchev–Trinajstić information content (AvgIpc) is 2.27. The third-order valence-electron chi connectivity index (χ3n) is 3.47. The van der Waals surface area contributed by atoms with E-state index in [4.69, 9.17) is 0 Å². The molecule has 0 heterocycles. The number of hydrogen-bond donors (Lipinski definition) is 2. The van der Waals surface area contributed by atoms with E-state index in [2.05, 4.69) is 26.0 Å². The van der Waals surface area contributed by atoms with Gasteiger partial charge in [0.25, 0.3) is 0 Å². The minimum Gasteiger partial charge on any atom is -0.393 e. The van der Waals surface area contributed by atoms with Gasteiger partial charge in [-0.2, -0.15) is 0 Å². The van der Waals surface area contributed by atoms with Crippen molar-refractivity contribution in [2.24, 2.45) is 5.92 Å². The lowest BCUT2D eigenvalue weighted by molar-refractivity contribution is -0.0222. The molecule has 3 unspecified atom stereocenters. The topological polar surface area (TPSA) is 40.5 Å². The first kappa shape index (κ1) is 17.7. The first-order chi connectivity index (χ1) is 8.43. The van der Waals surface area contributed by atoms with E-state index in [0.717, 1.165) is 12.8 Å². The standard InChI is InChI=1S/C16H32O2/c1-5-7-8-9-10-11-14(3)12-16(18,6-2)13-15(4)17/h10-11,14-15,17-18H,5-9,12-13H2,1-4H3. The molecule has 2 nitrogen and oxygen atoms in total. The zero-order valence-corrected chi connectivity index (χ0v) is 12.7. The molecule has 3 atom stereocenters. The van der Waals surface area contributed by atoms with Crippen LogP contribution >= 0.6 is 0 Å². The quantitative estimate of drug-likeness (QED) is 0.457. The summed E-state index contributed by atoms with van der Waals surface area (Å²) >= 11 is 0. The predicted molar refractivity (Wildman–Crippen MR) is 78.6 cm³/mol. The van der Waals surface area contributed by atoms with Crippen molar-refractivity contribution in [3.8, 4) is 0 Å². The molecule has 0 aliphatic rings. The number of aliphatic hydroxyl groups is 2. The van der Waals surface area contributed by atoms with Crippen LogP contribution in [-0.2, 0) is 0 Å². The van der Waals surface area contributed by atoms with Crippen molar-refractivity contribution in [3.05, 3.63) is 12.2 Å². The van der Waals surface area contributed by atoms with E-state index in [9.17, 15) is 10.2 Å². The highest BCUT2D eigenvalue weighted by Gasteiger charge is 2.27. The van der Waals surface area contributed by atoms with Gasteiger partial charge >= 0.3 is 0 Å². The van der Waals surface area contributed by atoms with Crippen LogP contribution in [0.3, 0.4) is 0 Å². The molecular weight excluding hydrogens is 224 g/mol. The number of aliphatic hydroxyl groups excluding tert-OH is 1. The number of hydrogen-bond acceptors (Lipinski definition) is 2. The monoisotopic (exact) mass is 256 g/mol. The van der Waals surface area contributed by atoms with Gasteiger partial charge in [-0.25, -0.2) is 0 Å². The van der Waals surface area contributed by atoms with Crippen LogP contribution in [0.15, 0.2) is 12.2 Å². The second-order valence-corrected chi connectivity index (χ2v) is 5.74. The van der Waals surface area contributed by atoms with Crippen LogP contribution < -0.4 is 0 Å². The Bertz CT molecular complexity index is 223. The van der Waals surface area contributed by atoms with Crippen molar-refractivity contribution in [3.63, 3.8) is 0 Å². The van der Waals surface area contributed by atoms with Crippen molar-refractivity contribution < 1.29 is 10.2 Å². The summed E-state index contributed by atoms with van der Waals surface area (Å²) in [6.45, 7) is 8.08. The van der Waals surface area contributed by atoms with Crippen LogP contribution in [0.4, 0.5) is 0 Å². The molecule has 18 heavy (non-hydrogen) atoms. The van der Waals surface area contributed by atoms with Crippen molar-refractivity contribution in [2.45, 2.75) is 84.3 Å². The summed E-state index contributed by atoms with van der Waals surface area (Å²) in [6.07, 6.45) is 10.9. The average molecular weight is 256 g/mol. The van der Waals surface area contributed by atoms with Crippen molar-refractivity contribution >= 4 is 0 Å². The molecule has 0 aromatic rings. The van der Waals surface area contributed by atoms with Gasteiger partial charge in [-0.05, 0) is 38.5 Å². The van der Waals surface area contributed by atoms with Gasteiger partial charge in [0, 0.05) is 6.42 Å². The Morgan fingerprint density at radius 1 is 1.11 bits per heavy atom. The maximum absolute atomic E-state index is 10.4. The molecule has 0 spiro atoms. The van der Waals surface area contributed by atoms with E-state index in [1.54, 1.807) is 6.92 Å². The van der Waals surface area contributed by atoms with Crippen LogP contribution in [0.1, 0.15) is 72.6 Å². The zero-order chi connectivity index (χ0) is 14.0. The SMILES string of the molecule is CCCCCC=CC(C)CC(O)(CC)CC(C)O. The van der Waals surface area contributed by atoms with Gasteiger partial charge in [0.15, 0.2) is 0 Å². The van der Waals surface area contributed by atoms with Gasteiger partial charge < -0.3 is 10.2 Å². The van der Waals surface area contributed by atoms with Crippen molar-refractivity contribution in [2.75, 3.05) is 0 Å². The Labute approximate surface area is 113 Å². The molecule has 0 radical (unpaired) electrons. The van der Waals surface area contributed by atoms with E-state index in [1.165, 1.54) is 19.3 Å². The molecular formula is C16H32O2. The van der Waals surface area contributed by atoms with Crippen LogP contribution in [0.2, 0.25) is 0 Å². The molecule has 0 aromatic carbocycles. The molecule has 0 aromatic heterocycles. The van der Waals surface area contributed by atoms with Gasteiger partial charge in [0.2, 0.25) is 0 Å². The fourth-order valence-electron chi connectivity index (χ4n) is 2.43. The predicted octanol–water partition coefficient (Wildman–Crippen LogP) is 4.06. The van der Waals surface area contributed by atoms with Crippen molar-refractivity contribution in [1.82, 2.24) is 0 Å². The summed E-state index contributed by atoms with van der Waals surface area (Å²) in [7, 11) is 0. The molecule has 2 heteroatoms. The largest absolute Gasteiger partial charge is 0.393 e. The molecule has 0 aliphatic heterocycles. The summed E-state index contributed by atoms with van der Waals surface area (Å²) in [5.41, 5.74) is -0.721. The molecule has 0 amide bonds. The maximum Gasteiger partial charge on any atom is 0.0675 e. The Balaban J connectivity index is 4.06. The molecule has 0 bridgehead atoms. The minimum atomic E-state index is -0.721. The van der Waals surface area contributed by atoms with Gasteiger partial charge in [-0.3, -0.25) is 0 Å². The van der Waals surface area contributed by atoms with Crippen LogP contribution in [0, 0.1) is 5.92 Å². The summed E-state index contributed by atoms with van der Waals surface area (Å²) < 4.78 is 0. The van der Waals surface area contributed by atoms with E-state index in [-0.39, 0.29) is 0 Å². The van der Waals surface area contributed by atoms with Crippen LogP contribution in [0.5, 0.6) is 0 Å². The number of allylic oxidation sites excluding steroid dienone is 2. The highest BCUT2D eigenvalue weighted by molar-refractivity contribution is 4.91. The Morgan fingerprint density at radius 2 is 1.78 bits per heavy atom. The Hall–Kier alpha value is -0.340. The molecule has 108 valence electrons. The Morgan fingerprint density at radius 3 is 2.28 bits per heavy atom. The molecule has 0 fully saturated rings. The lowest BCUT2D eigenvalue weighted by atomic mass is 9.84. The summed E-state index contributed by atoms with van der Waals surface area (Å²) in [6, 6.07) is 0. The first-order valence-corrected chi connectivity index (χ1v) is 7.50. The van der Waals surface area contributed by atoms with Crippen molar-refractivity contribution in [1.29, 1.82) is 0 Å². The molecule has 2 N–H and O–H groups in total. The molecule has 0 saturated carbocycles. The second kappa shape index (κ2) is 9.57. The minimum absolute atomic E-state index is 0.371. The fourth-order valence-corrected chi connectivity index (χ4v) is 2.43. The third-order valence-corrected chi connectivity index (χ3v) is 3.47. The lowest BCUT2D eigenvalue weighted by Gasteiger charge is -2.30. The van der Waals surface area contributed by atoms with Gasteiger partial charge in [-0.15, -0.1) is 0 Å². The van der Waals surface area contributed by atoms with E-state index >= 15 is 0 Å².